The van der Waals surface area contributed by atoms with Crippen LogP contribution in [0.15, 0.2) is 18.2 Å². The van der Waals surface area contributed by atoms with Crippen molar-refractivity contribution in [3.63, 3.8) is 0 Å². The van der Waals surface area contributed by atoms with Crippen LogP contribution < -0.4 is 4.90 Å². The number of nitro groups is 1. The van der Waals surface area contributed by atoms with Crippen LogP contribution in [0.4, 0.5) is 11.4 Å². The predicted molar refractivity (Wildman–Crippen MR) is 77.0 cm³/mol. The van der Waals surface area contributed by atoms with Gasteiger partial charge < -0.3 is 9.80 Å². The molecule has 1 fully saturated rings. The molecule has 104 valence electrons. The molecular weight excluding hydrogens is 266 g/mol. The third kappa shape index (κ3) is 2.98. The van der Waals surface area contributed by atoms with Gasteiger partial charge in [-0.15, -0.1) is 11.6 Å². The van der Waals surface area contributed by atoms with Crippen LogP contribution in [0.3, 0.4) is 0 Å². The van der Waals surface area contributed by atoms with Crippen molar-refractivity contribution in [1.29, 1.82) is 0 Å². The number of likely N-dealkylation sites (N-methyl/N-ethyl adjacent to an activating group) is 1. The molecule has 6 heteroatoms. The Bertz CT molecular complexity index is 479. The first-order chi connectivity index (χ1) is 9.02. The molecule has 19 heavy (non-hydrogen) atoms. The van der Waals surface area contributed by atoms with Gasteiger partial charge in [0.1, 0.15) is 5.69 Å². The Labute approximate surface area is 117 Å². The number of nitro benzene ring substituents is 1. The largest absolute Gasteiger partial charge is 0.364 e. The molecule has 1 atom stereocenters. The summed E-state index contributed by atoms with van der Waals surface area (Å²) in [5.41, 5.74) is 1.63. The zero-order chi connectivity index (χ0) is 14.0. The minimum atomic E-state index is -0.325. The zero-order valence-electron chi connectivity index (χ0n) is 11.2. The van der Waals surface area contributed by atoms with E-state index in [4.69, 9.17) is 11.6 Å². The first kappa shape index (κ1) is 14.1. The number of hydrogen-bond acceptors (Lipinski definition) is 4. The number of nitrogens with zero attached hydrogens (tertiary/aromatic N) is 3. The van der Waals surface area contributed by atoms with Gasteiger partial charge in [0.05, 0.1) is 4.92 Å². The van der Waals surface area contributed by atoms with E-state index < -0.39 is 0 Å². The van der Waals surface area contributed by atoms with Crippen LogP contribution in [0.5, 0.6) is 0 Å². The van der Waals surface area contributed by atoms with Gasteiger partial charge in [0.25, 0.3) is 5.69 Å². The summed E-state index contributed by atoms with van der Waals surface area (Å²) in [6, 6.07) is 5.70. The maximum absolute atomic E-state index is 11.2. The van der Waals surface area contributed by atoms with E-state index in [1.54, 1.807) is 6.07 Å². The van der Waals surface area contributed by atoms with Gasteiger partial charge in [0, 0.05) is 31.1 Å². The Balaban J connectivity index is 2.27. The highest BCUT2D eigenvalue weighted by Gasteiger charge is 2.28. The fourth-order valence-electron chi connectivity index (χ4n) is 2.45. The lowest BCUT2D eigenvalue weighted by atomic mass is 10.2. The fraction of sp³-hybridized carbons (Fsp3) is 0.538. The van der Waals surface area contributed by atoms with E-state index in [9.17, 15) is 10.1 Å². The van der Waals surface area contributed by atoms with Crippen LogP contribution in [0, 0.1) is 10.1 Å². The number of anilines is 1. The maximum Gasteiger partial charge on any atom is 0.292 e. The number of alkyl halides is 1. The molecule has 1 aliphatic rings. The second-order valence-electron chi connectivity index (χ2n) is 5.07. The summed E-state index contributed by atoms with van der Waals surface area (Å²) in [4.78, 5) is 15.1. The molecule has 1 aromatic rings. The number of rotatable bonds is 4. The van der Waals surface area contributed by atoms with Gasteiger partial charge in [-0.3, -0.25) is 10.1 Å². The van der Waals surface area contributed by atoms with E-state index in [-0.39, 0.29) is 10.6 Å². The van der Waals surface area contributed by atoms with E-state index in [0.29, 0.717) is 17.6 Å². The van der Waals surface area contributed by atoms with Crippen molar-refractivity contribution >= 4 is 23.0 Å². The molecule has 1 heterocycles. The van der Waals surface area contributed by atoms with Gasteiger partial charge >= 0.3 is 0 Å². The molecule has 0 radical (unpaired) electrons. The third-order valence-electron chi connectivity index (χ3n) is 3.63. The fourth-order valence-corrected chi connectivity index (χ4v) is 2.61. The van der Waals surface area contributed by atoms with Crippen molar-refractivity contribution in [2.24, 2.45) is 0 Å². The molecule has 5 nitrogen and oxygen atoms in total. The molecule has 0 bridgehead atoms. The van der Waals surface area contributed by atoms with E-state index in [0.717, 1.165) is 25.1 Å². The Morgan fingerprint density at radius 1 is 1.53 bits per heavy atom. The monoisotopic (exact) mass is 283 g/mol. The van der Waals surface area contributed by atoms with Crippen molar-refractivity contribution in [2.75, 3.05) is 32.1 Å². The average molecular weight is 284 g/mol. The number of halogens is 1. The molecule has 1 aliphatic heterocycles. The highest BCUT2D eigenvalue weighted by Crippen LogP contribution is 2.32. The van der Waals surface area contributed by atoms with Gasteiger partial charge in [-0.25, -0.2) is 0 Å². The first-order valence-corrected chi connectivity index (χ1v) is 6.81. The van der Waals surface area contributed by atoms with Crippen molar-refractivity contribution in [3.8, 4) is 0 Å². The van der Waals surface area contributed by atoms with Crippen LogP contribution in [0.25, 0.3) is 0 Å². The summed E-state index contributed by atoms with van der Waals surface area (Å²) in [6.07, 6.45) is 1.03. The highest BCUT2D eigenvalue weighted by molar-refractivity contribution is 6.17. The van der Waals surface area contributed by atoms with Crippen molar-refractivity contribution < 1.29 is 4.92 Å². The molecule has 0 aliphatic carbocycles. The smallest absolute Gasteiger partial charge is 0.292 e. The summed E-state index contributed by atoms with van der Waals surface area (Å²) in [6.45, 7) is 1.68. The minimum Gasteiger partial charge on any atom is -0.364 e. The van der Waals surface area contributed by atoms with Crippen LogP contribution in [0.2, 0.25) is 0 Å². The van der Waals surface area contributed by atoms with Crippen LogP contribution in [-0.4, -0.2) is 43.0 Å². The lowest BCUT2D eigenvalue weighted by molar-refractivity contribution is -0.384. The molecular formula is C13H18ClN3O2. The Hall–Kier alpha value is -1.33. The van der Waals surface area contributed by atoms with Crippen LogP contribution in [-0.2, 0) is 5.88 Å². The van der Waals surface area contributed by atoms with Crippen molar-refractivity contribution in [1.82, 2.24) is 4.90 Å². The molecule has 1 aromatic carbocycles. The minimum absolute atomic E-state index is 0.151. The molecule has 0 amide bonds. The van der Waals surface area contributed by atoms with Gasteiger partial charge in [0.2, 0.25) is 0 Å². The lowest BCUT2D eigenvalue weighted by Crippen LogP contribution is -2.31. The average Bonchev–Trinajstić information content (AvgIpc) is 2.87. The summed E-state index contributed by atoms with van der Waals surface area (Å²) >= 11 is 5.74. The van der Waals surface area contributed by atoms with E-state index in [1.165, 1.54) is 0 Å². The summed E-state index contributed by atoms with van der Waals surface area (Å²) in [5.74, 6) is 0.293. The Kier molecular flexibility index (Phi) is 4.27. The second-order valence-corrected chi connectivity index (χ2v) is 5.33. The summed E-state index contributed by atoms with van der Waals surface area (Å²) in [5, 5.41) is 11.2. The summed E-state index contributed by atoms with van der Waals surface area (Å²) < 4.78 is 0. The SMILES string of the molecule is CN(C)C1CCN(c2ccc(CCl)cc2[N+](=O)[O-])C1. The molecule has 0 N–H and O–H groups in total. The Morgan fingerprint density at radius 2 is 2.26 bits per heavy atom. The molecule has 0 saturated carbocycles. The molecule has 1 saturated heterocycles. The van der Waals surface area contributed by atoms with Crippen molar-refractivity contribution in [3.05, 3.63) is 33.9 Å². The first-order valence-electron chi connectivity index (χ1n) is 6.27. The van der Waals surface area contributed by atoms with Crippen LogP contribution >= 0.6 is 11.6 Å². The van der Waals surface area contributed by atoms with Gasteiger partial charge in [0.15, 0.2) is 0 Å². The van der Waals surface area contributed by atoms with E-state index in [1.807, 2.05) is 26.2 Å². The zero-order valence-corrected chi connectivity index (χ0v) is 11.9. The molecule has 0 spiro atoms. The molecule has 1 unspecified atom stereocenters. The van der Waals surface area contributed by atoms with Crippen molar-refractivity contribution in [2.45, 2.75) is 18.3 Å². The summed E-state index contributed by atoms with van der Waals surface area (Å²) in [7, 11) is 4.08. The topological polar surface area (TPSA) is 49.6 Å². The van der Waals surface area contributed by atoms with E-state index >= 15 is 0 Å². The quantitative estimate of drug-likeness (QED) is 0.484. The van der Waals surface area contributed by atoms with Gasteiger partial charge in [-0.1, -0.05) is 6.07 Å². The Morgan fingerprint density at radius 3 is 2.79 bits per heavy atom. The highest BCUT2D eigenvalue weighted by atomic mass is 35.5. The normalized spacial score (nSPS) is 19.2. The standard InChI is InChI=1S/C13H18ClN3O2/c1-15(2)11-5-6-16(9-11)12-4-3-10(8-14)7-13(12)17(18)19/h3-4,7,11H,5-6,8-9H2,1-2H3. The van der Waals surface area contributed by atoms with Gasteiger partial charge in [-0.2, -0.15) is 0 Å². The second kappa shape index (κ2) is 5.75. The van der Waals surface area contributed by atoms with Crippen LogP contribution in [0.1, 0.15) is 12.0 Å². The van der Waals surface area contributed by atoms with Gasteiger partial charge in [-0.05, 0) is 32.1 Å². The predicted octanol–water partition coefficient (Wildman–Crippen LogP) is 2.47. The lowest BCUT2D eigenvalue weighted by Gasteiger charge is -2.21. The number of benzene rings is 1. The number of hydrogen-bond donors (Lipinski definition) is 0. The maximum atomic E-state index is 11.2. The van der Waals surface area contributed by atoms with E-state index in [2.05, 4.69) is 9.80 Å². The molecule has 0 aromatic heterocycles. The molecule has 2 rings (SSSR count). The third-order valence-corrected chi connectivity index (χ3v) is 3.93.